The highest BCUT2D eigenvalue weighted by Gasteiger charge is 2.19. The fourth-order valence-electron chi connectivity index (χ4n) is 2.12. The number of carbonyl (C=O) groups is 1. The second kappa shape index (κ2) is 3.66. The van der Waals surface area contributed by atoms with Crippen molar-refractivity contribution in [3.05, 3.63) is 28.3 Å². The van der Waals surface area contributed by atoms with Crippen LogP contribution in [-0.4, -0.2) is 5.91 Å². The fraction of sp³-hybridized carbons (Fsp3) is 0.417. The molecule has 1 aliphatic rings. The molecule has 0 saturated heterocycles. The summed E-state index contributed by atoms with van der Waals surface area (Å²) in [5.74, 6) is 0.0976. The van der Waals surface area contributed by atoms with Gasteiger partial charge >= 0.3 is 0 Å². The Hall–Kier alpha value is -1.35. The van der Waals surface area contributed by atoms with Crippen LogP contribution in [0.1, 0.15) is 28.7 Å². The first-order chi connectivity index (χ1) is 7.13. The summed E-state index contributed by atoms with van der Waals surface area (Å²) in [4.78, 5) is 11.3. The molecule has 3 N–H and O–H groups in total. The van der Waals surface area contributed by atoms with E-state index in [0.717, 1.165) is 17.7 Å². The van der Waals surface area contributed by atoms with Crippen LogP contribution in [0.4, 0.5) is 5.69 Å². The number of nitrogens with two attached hydrogens (primary N) is 1. The van der Waals surface area contributed by atoms with Crippen LogP contribution in [0, 0.1) is 13.8 Å². The summed E-state index contributed by atoms with van der Waals surface area (Å²) in [6.07, 6.45) is 1.41. The fourth-order valence-corrected chi connectivity index (χ4v) is 2.12. The van der Waals surface area contributed by atoms with Crippen LogP contribution in [0.3, 0.4) is 0 Å². The Kier molecular flexibility index (Phi) is 2.49. The number of aryl methyl sites for hydroxylation is 2. The Bertz CT molecular complexity index is 424. The Morgan fingerprint density at radius 2 is 2.13 bits per heavy atom. The minimum atomic E-state index is 0.0976. The van der Waals surface area contributed by atoms with Crippen molar-refractivity contribution in [2.45, 2.75) is 33.2 Å². The van der Waals surface area contributed by atoms with E-state index >= 15 is 0 Å². The van der Waals surface area contributed by atoms with E-state index in [1.165, 1.54) is 16.7 Å². The van der Waals surface area contributed by atoms with Gasteiger partial charge in [-0.2, -0.15) is 0 Å². The van der Waals surface area contributed by atoms with Gasteiger partial charge in [0, 0.05) is 18.7 Å². The van der Waals surface area contributed by atoms with Gasteiger partial charge in [0.1, 0.15) is 0 Å². The zero-order valence-electron chi connectivity index (χ0n) is 9.18. The SMILES string of the molecule is Cc1cc2c(c(CN)c1C)NC(=O)CC2. The van der Waals surface area contributed by atoms with Crippen LogP contribution >= 0.6 is 0 Å². The molecule has 0 spiro atoms. The summed E-state index contributed by atoms with van der Waals surface area (Å²) in [6, 6.07) is 2.16. The van der Waals surface area contributed by atoms with Gasteiger partial charge < -0.3 is 11.1 Å². The zero-order chi connectivity index (χ0) is 11.0. The van der Waals surface area contributed by atoms with Crippen LogP contribution in [0.2, 0.25) is 0 Å². The van der Waals surface area contributed by atoms with Crippen molar-refractivity contribution in [2.24, 2.45) is 5.73 Å². The third-order valence-corrected chi connectivity index (χ3v) is 3.15. The molecule has 80 valence electrons. The normalized spacial score (nSPS) is 14.7. The number of nitrogens with one attached hydrogen (secondary N) is 1. The molecular formula is C12H16N2O. The Labute approximate surface area is 89.7 Å². The van der Waals surface area contributed by atoms with E-state index in [1.807, 2.05) is 0 Å². The molecule has 1 aromatic carbocycles. The summed E-state index contributed by atoms with van der Waals surface area (Å²) >= 11 is 0. The molecule has 0 fully saturated rings. The number of carbonyl (C=O) groups excluding carboxylic acids is 1. The maximum atomic E-state index is 11.3. The van der Waals surface area contributed by atoms with Crippen LogP contribution < -0.4 is 11.1 Å². The molecule has 1 heterocycles. The van der Waals surface area contributed by atoms with Crippen LogP contribution in [0.15, 0.2) is 6.07 Å². The van der Waals surface area contributed by atoms with Crippen molar-refractivity contribution in [3.63, 3.8) is 0 Å². The lowest BCUT2D eigenvalue weighted by molar-refractivity contribution is -0.116. The Balaban J connectivity index is 2.61. The third-order valence-electron chi connectivity index (χ3n) is 3.15. The highest BCUT2D eigenvalue weighted by molar-refractivity contribution is 5.95. The molecule has 1 amide bonds. The standard InChI is InChI=1S/C12H16N2O/c1-7-5-9-3-4-11(15)14-12(9)10(6-13)8(7)2/h5H,3-4,6,13H2,1-2H3,(H,14,15). The first kappa shape index (κ1) is 10.2. The molecule has 0 saturated carbocycles. The lowest BCUT2D eigenvalue weighted by Crippen LogP contribution is -2.22. The highest BCUT2D eigenvalue weighted by atomic mass is 16.1. The topological polar surface area (TPSA) is 55.1 Å². The first-order valence-corrected chi connectivity index (χ1v) is 5.25. The molecule has 15 heavy (non-hydrogen) atoms. The van der Waals surface area contributed by atoms with Crippen molar-refractivity contribution in [1.29, 1.82) is 0 Å². The van der Waals surface area contributed by atoms with E-state index in [4.69, 9.17) is 5.73 Å². The summed E-state index contributed by atoms with van der Waals surface area (Å²) in [5, 5.41) is 2.93. The molecule has 0 unspecified atom stereocenters. The number of hydrogen-bond acceptors (Lipinski definition) is 2. The van der Waals surface area contributed by atoms with Gasteiger partial charge in [-0.05, 0) is 42.5 Å². The zero-order valence-corrected chi connectivity index (χ0v) is 9.18. The summed E-state index contributed by atoms with van der Waals surface area (Å²) < 4.78 is 0. The van der Waals surface area contributed by atoms with Crippen molar-refractivity contribution >= 4 is 11.6 Å². The van der Waals surface area contributed by atoms with Crippen molar-refractivity contribution in [3.8, 4) is 0 Å². The number of rotatable bonds is 1. The third kappa shape index (κ3) is 1.63. The number of fused-ring (bicyclic) bond motifs is 1. The van der Waals surface area contributed by atoms with E-state index in [1.54, 1.807) is 0 Å². The summed E-state index contributed by atoms with van der Waals surface area (Å²) in [6.45, 7) is 4.62. The average Bonchev–Trinajstić information content (AvgIpc) is 2.21. The lowest BCUT2D eigenvalue weighted by atomic mass is 9.92. The number of benzene rings is 1. The monoisotopic (exact) mass is 204 g/mol. The molecule has 2 rings (SSSR count). The highest BCUT2D eigenvalue weighted by Crippen LogP contribution is 2.30. The van der Waals surface area contributed by atoms with Gasteiger partial charge in [0.15, 0.2) is 0 Å². The Morgan fingerprint density at radius 1 is 1.40 bits per heavy atom. The summed E-state index contributed by atoms with van der Waals surface area (Å²) in [7, 11) is 0. The maximum absolute atomic E-state index is 11.3. The van der Waals surface area contributed by atoms with E-state index in [0.29, 0.717) is 13.0 Å². The van der Waals surface area contributed by atoms with Crippen molar-refractivity contribution < 1.29 is 4.79 Å². The van der Waals surface area contributed by atoms with E-state index in [2.05, 4.69) is 25.2 Å². The molecule has 1 aliphatic heterocycles. The van der Waals surface area contributed by atoms with Gasteiger partial charge in [-0.3, -0.25) is 4.79 Å². The van der Waals surface area contributed by atoms with E-state index in [-0.39, 0.29) is 5.91 Å². The van der Waals surface area contributed by atoms with Crippen molar-refractivity contribution in [1.82, 2.24) is 0 Å². The molecule has 0 atom stereocenters. The summed E-state index contributed by atoms with van der Waals surface area (Å²) in [5.41, 5.74) is 11.4. The minimum Gasteiger partial charge on any atom is -0.326 e. The second-order valence-electron chi connectivity index (χ2n) is 4.08. The quantitative estimate of drug-likeness (QED) is 0.730. The van der Waals surface area contributed by atoms with E-state index in [9.17, 15) is 4.79 Å². The predicted octanol–water partition coefficient (Wildman–Crippen LogP) is 1.65. The first-order valence-electron chi connectivity index (χ1n) is 5.25. The van der Waals surface area contributed by atoms with Crippen molar-refractivity contribution in [2.75, 3.05) is 5.32 Å². The van der Waals surface area contributed by atoms with Gasteiger partial charge in [0.25, 0.3) is 0 Å². The van der Waals surface area contributed by atoms with Gasteiger partial charge in [0.2, 0.25) is 5.91 Å². The molecule has 3 nitrogen and oxygen atoms in total. The average molecular weight is 204 g/mol. The molecule has 1 aromatic rings. The number of amides is 1. The smallest absolute Gasteiger partial charge is 0.224 e. The van der Waals surface area contributed by atoms with Gasteiger partial charge in [-0.25, -0.2) is 0 Å². The van der Waals surface area contributed by atoms with Gasteiger partial charge in [-0.15, -0.1) is 0 Å². The predicted molar refractivity (Wildman–Crippen MR) is 60.8 cm³/mol. The van der Waals surface area contributed by atoms with Crippen LogP contribution in [-0.2, 0) is 17.8 Å². The number of anilines is 1. The van der Waals surface area contributed by atoms with Crippen LogP contribution in [0.25, 0.3) is 0 Å². The van der Waals surface area contributed by atoms with Crippen LogP contribution in [0.5, 0.6) is 0 Å². The van der Waals surface area contributed by atoms with E-state index < -0.39 is 0 Å². The number of hydrogen-bond donors (Lipinski definition) is 2. The van der Waals surface area contributed by atoms with Gasteiger partial charge in [-0.1, -0.05) is 6.07 Å². The minimum absolute atomic E-state index is 0.0976. The van der Waals surface area contributed by atoms with Gasteiger partial charge in [0.05, 0.1) is 0 Å². The molecule has 0 bridgehead atoms. The Morgan fingerprint density at radius 3 is 2.80 bits per heavy atom. The maximum Gasteiger partial charge on any atom is 0.224 e. The second-order valence-corrected chi connectivity index (χ2v) is 4.08. The molecular weight excluding hydrogens is 188 g/mol. The lowest BCUT2D eigenvalue weighted by Gasteiger charge is -2.22. The molecule has 0 aliphatic carbocycles. The molecule has 3 heteroatoms. The molecule has 0 radical (unpaired) electrons. The largest absolute Gasteiger partial charge is 0.326 e. The molecule has 0 aromatic heterocycles.